The molecular formula is C11H16N2OS. The smallest absolute Gasteiger partial charge is 0.0960 e. The fraction of sp³-hybridized carbons (Fsp3) is 0.545. The second-order valence-electron chi connectivity index (χ2n) is 3.77. The molecule has 2 N–H and O–H groups in total. The first-order valence-corrected chi connectivity index (χ1v) is 6.22. The molecule has 1 aliphatic rings. The first-order valence-electron chi connectivity index (χ1n) is 5.23. The van der Waals surface area contributed by atoms with Crippen molar-refractivity contribution in [3.8, 4) is 0 Å². The van der Waals surface area contributed by atoms with Crippen molar-refractivity contribution in [1.29, 1.82) is 0 Å². The Hall–Kier alpha value is -0.580. The van der Waals surface area contributed by atoms with E-state index in [1.54, 1.807) is 11.8 Å². The Labute approximate surface area is 94.4 Å². The summed E-state index contributed by atoms with van der Waals surface area (Å²) in [5, 5.41) is 1.05. The van der Waals surface area contributed by atoms with Gasteiger partial charge in [-0.25, -0.2) is 4.98 Å². The lowest BCUT2D eigenvalue weighted by atomic mass is 10.0. The third-order valence-corrected chi connectivity index (χ3v) is 3.72. The van der Waals surface area contributed by atoms with Gasteiger partial charge in [0.15, 0.2) is 0 Å². The average Bonchev–Trinajstić information content (AvgIpc) is 2.81. The summed E-state index contributed by atoms with van der Waals surface area (Å²) in [6, 6.07) is 6.16. The minimum atomic E-state index is 0.222. The summed E-state index contributed by atoms with van der Waals surface area (Å²) in [6.07, 6.45) is 2.91. The molecule has 4 heteroatoms. The monoisotopic (exact) mass is 224 g/mol. The number of nitrogens with two attached hydrogens (primary N) is 1. The highest BCUT2D eigenvalue weighted by atomic mass is 32.2. The van der Waals surface area contributed by atoms with Gasteiger partial charge < -0.3 is 10.5 Å². The van der Waals surface area contributed by atoms with Crippen molar-refractivity contribution < 1.29 is 4.74 Å². The van der Waals surface area contributed by atoms with Gasteiger partial charge in [0.1, 0.15) is 0 Å². The maximum absolute atomic E-state index is 6.10. The normalized spacial score (nSPS) is 22.9. The van der Waals surface area contributed by atoms with Crippen molar-refractivity contribution in [2.75, 3.05) is 19.0 Å². The van der Waals surface area contributed by atoms with Crippen molar-refractivity contribution in [2.24, 2.45) is 11.7 Å². The molecule has 82 valence electrons. The largest absolute Gasteiger partial charge is 0.381 e. The lowest BCUT2D eigenvalue weighted by Crippen LogP contribution is -2.32. The highest BCUT2D eigenvalue weighted by molar-refractivity contribution is 7.99. The number of nitrogens with zero attached hydrogens (tertiary/aromatic N) is 1. The van der Waals surface area contributed by atoms with Crippen LogP contribution < -0.4 is 5.73 Å². The molecule has 0 aromatic carbocycles. The number of ether oxygens (including phenoxy) is 1. The van der Waals surface area contributed by atoms with E-state index in [4.69, 9.17) is 10.5 Å². The number of hydrogen-bond acceptors (Lipinski definition) is 4. The molecule has 2 rings (SSSR count). The molecule has 0 radical (unpaired) electrons. The van der Waals surface area contributed by atoms with Gasteiger partial charge in [-0.2, -0.15) is 0 Å². The highest BCUT2D eigenvalue weighted by Gasteiger charge is 2.22. The van der Waals surface area contributed by atoms with Gasteiger partial charge in [0.2, 0.25) is 0 Å². The maximum atomic E-state index is 6.10. The Morgan fingerprint density at radius 2 is 2.53 bits per heavy atom. The molecule has 1 fully saturated rings. The minimum absolute atomic E-state index is 0.222. The third kappa shape index (κ3) is 3.19. The molecule has 15 heavy (non-hydrogen) atoms. The summed E-state index contributed by atoms with van der Waals surface area (Å²) in [7, 11) is 0. The van der Waals surface area contributed by atoms with E-state index in [0.717, 1.165) is 30.4 Å². The summed E-state index contributed by atoms with van der Waals surface area (Å²) in [6.45, 7) is 1.69. The molecule has 3 nitrogen and oxygen atoms in total. The third-order valence-electron chi connectivity index (χ3n) is 2.63. The van der Waals surface area contributed by atoms with Gasteiger partial charge in [0.05, 0.1) is 11.6 Å². The van der Waals surface area contributed by atoms with Crippen LogP contribution in [0.25, 0.3) is 0 Å². The average molecular weight is 224 g/mol. The Kier molecular flexibility index (Phi) is 4.00. The molecule has 1 aromatic heterocycles. The Morgan fingerprint density at radius 3 is 3.20 bits per heavy atom. The summed E-state index contributed by atoms with van der Waals surface area (Å²) in [4.78, 5) is 4.25. The molecule has 1 saturated heterocycles. The zero-order valence-electron chi connectivity index (χ0n) is 8.63. The number of aromatic nitrogens is 1. The van der Waals surface area contributed by atoms with Crippen LogP contribution in [-0.4, -0.2) is 30.0 Å². The van der Waals surface area contributed by atoms with Gasteiger partial charge in [0, 0.05) is 30.5 Å². The number of thioether (sulfide) groups is 1. The van der Waals surface area contributed by atoms with E-state index in [1.165, 1.54) is 0 Å². The van der Waals surface area contributed by atoms with Crippen LogP contribution in [0.2, 0.25) is 0 Å². The van der Waals surface area contributed by atoms with Crippen LogP contribution in [0.15, 0.2) is 29.4 Å². The van der Waals surface area contributed by atoms with Crippen LogP contribution >= 0.6 is 11.8 Å². The summed E-state index contributed by atoms with van der Waals surface area (Å²) in [5.41, 5.74) is 6.10. The maximum Gasteiger partial charge on any atom is 0.0960 e. The standard InChI is InChI=1S/C11H16N2OS/c12-10(9-4-6-14-7-9)8-15-11-3-1-2-5-13-11/h1-3,5,9-10H,4,6-8,12H2. The van der Waals surface area contributed by atoms with Crippen LogP contribution in [0, 0.1) is 5.92 Å². The van der Waals surface area contributed by atoms with Crippen molar-refractivity contribution in [3.63, 3.8) is 0 Å². The predicted octanol–water partition coefficient (Wildman–Crippen LogP) is 1.54. The zero-order valence-corrected chi connectivity index (χ0v) is 9.45. The van der Waals surface area contributed by atoms with Gasteiger partial charge in [-0.05, 0) is 18.6 Å². The lowest BCUT2D eigenvalue weighted by molar-refractivity contribution is 0.182. The Balaban J connectivity index is 1.77. The van der Waals surface area contributed by atoms with E-state index < -0.39 is 0 Å². The first-order chi connectivity index (χ1) is 7.36. The molecule has 2 heterocycles. The van der Waals surface area contributed by atoms with Gasteiger partial charge in [0.25, 0.3) is 0 Å². The lowest BCUT2D eigenvalue weighted by Gasteiger charge is -2.16. The molecule has 0 aliphatic carbocycles. The topological polar surface area (TPSA) is 48.1 Å². The van der Waals surface area contributed by atoms with Gasteiger partial charge >= 0.3 is 0 Å². The molecule has 2 unspecified atom stereocenters. The molecule has 2 atom stereocenters. The summed E-state index contributed by atoms with van der Waals surface area (Å²) in [5.74, 6) is 1.45. The fourth-order valence-corrected chi connectivity index (χ4v) is 2.59. The van der Waals surface area contributed by atoms with Crippen LogP contribution in [0.5, 0.6) is 0 Å². The van der Waals surface area contributed by atoms with Crippen LogP contribution in [0.4, 0.5) is 0 Å². The zero-order chi connectivity index (χ0) is 10.5. The summed E-state index contributed by atoms with van der Waals surface area (Å²) >= 11 is 1.72. The molecule has 0 spiro atoms. The van der Waals surface area contributed by atoms with Gasteiger partial charge in [-0.1, -0.05) is 6.07 Å². The second-order valence-corrected chi connectivity index (χ2v) is 4.81. The van der Waals surface area contributed by atoms with Crippen LogP contribution in [0.3, 0.4) is 0 Å². The van der Waals surface area contributed by atoms with E-state index >= 15 is 0 Å². The van der Waals surface area contributed by atoms with E-state index in [1.807, 2.05) is 24.4 Å². The van der Waals surface area contributed by atoms with Crippen molar-refractivity contribution in [2.45, 2.75) is 17.5 Å². The number of pyridine rings is 1. The molecule has 1 aromatic rings. The second kappa shape index (κ2) is 5.49. The fourth-order valence-electron chi connectivity index (χ4n) is 1.64. The van der Waals surface area contributed by atoms with Gasteiger partial charge in [-0.3, -0.25) is 0 Å². The minimum Gasteiger partial charge on any atom is -0.381 e. The van der Waals surface area contributed by atoms with E-state index in [9.17, 15) is 0 Å². The Morgan fingerprint density at radius 1 is 1.60 bits per heavy atom. The molecule has 0 amide bonds. The van der Waals surface area contributed by atoms with Crippen LogP contribution in [0.1, 0.15) is 6.42 Å². The molecule has 1 aliphatic heterocycles. The van der Waals surface area contributed by atoms with Crippen molar-refractivity contribution in [1.82, 2.24) is 4.98 Å². The molecular weight excluding hydrogens is 208 g/mol. The van der Waals surface area contributed by atoms with E-state index in [-0.39, 0.29) is 6.04 Å². The van der Waals surface area contributed by atoms with Crippen molar-refractivity contribution >= 4 is 11.8 Å². The summed E-state index contributed by atoms with van der Waals surface area (Å²) < 4.78 is 5.33. The quantitative estimate of drug-likeness (QED) is 0.788. The number of rotatable bonds is 4. The van der Waals surface area contributed by atoms with Crippen molar-refractivity contribution in [3.05, 3.63) is 24.4 Å². The number of hydrogen-bond donors (Lipinski definition) is 1. The van der Waals surface area contributed by atoms with E-state index in [2.05, 4.69) is 4.98 Å². The SMILES string of the molecule is NC(CSc1ccccn1)C1CCOC1. The Bertz CT molecular complexity index is 288. The highest BCUT2D eigenvalue weighted by Crippen LogP contribution is 2.21. The molecule has 0 saturated carbocycles. The first kappa shape index (κ1) is 10.9. The molecule has 0 bridgehead atoms. The predicted molar refractivity (Wildman–Crippen MR) is 61.9 cm³/mol. The van der Waals surface area contributed by atoms with Crippen LogP contribution in [-0.2, 0) is 4.74 Å². The van der Waals surface area contributed by atoms with Gasteiger partial charge in [-0.15, -0.1) is 11.8 Å². The van der Waals surface area contributed by atoms with E-state index in [0.29, 0.717) is 5.92 Å².